The molecule has 0 fully saturated rings. The first-order valence-electron chi connectivity index (χ1n) is 6.57. The van der Waals surface area contributed by atoms with E-state index >= 15 is 0 Å². The fourth-order valence-corrected chi connectivity index (χ4v) is 2.32. The molecule has 4 heteroatoms. The zero-order valence-corrected chi connectivity index (χ0v) is 11.6. The van der Waals surface area contributed by atoms with Crippen LogP contribution in [0.4, 0.5) is 0 Å². The van der Waals surface area contributed by atoms with Crippen molar-refractivity contribution in [3.05, 3.63) is 29.8 Å². The molecule has 1 aromatic rings. The molecule has 1 atom stereocenters. The van der Waals surface area contributed by atoms with E-state index in [4.69, 9.17) is 17.0 Å². The average molecular weight is 264 g/mol. The Morgan fingerprint density at radius 3 is 3.11 bits per heavy atom. The van der Waals surface area contributed by atoms with Gasteiger partial charge in [0.1, 0.15) is 5.75 Å². The fourth-order valence-electron chi connectivity index (χ4n) is 2.08. The summed E-state index contributed by atoms with van der Waals surface area (Å²) in [6.07, 6.45) is 3.27. The summed E-state index contributed by atoms with van der Waals surface area (Å²) in [7, 11) is 0. The number of para-hydroxylation sites is 1. The van der Waals surface area contributed by atoms with E-state index in [0.29, 0.717) is 0 Å². The summed E-state index contributed by atoms with van der Waals surface area (Å²) in [5.74, 6) is 0.970. The Morgan fingerprint density at radius 2 is 2.28 bits per heavy atom. The van der Waals surface area contributed by atoms with Crippen LogP contribution >= 0.6 is 12.2 Å². The van der Waals surface area contributed by atoms with E-state index < -0.39 is 0 Å². The van der Waals surface area contributed by atoms with Gasteiger partial charge in [0, 0.05) is 18.5 Å². The van der Waals surface area contributed by atoms with Gasteiger partial charge in [-0.05, 0) is 24.7 Å². The van der Waals surface area contributed by atoms with Gasteiger partial charge in [-0.3, -0.25) is 0 Å². The van der Waals surface area contributed by atoms with Crippen LogP contribution in [0.25, 0.3) is 0 Å². The summed E-state index contributed by atoms with van der Waals surface area (Å²) in [6, 6.07) is 8.41. The minimum Gasteiger partial charge on any atom is -0.493 e. The minimum absolute atomic E-state index is 0.261. The second kappa shape index (κ2) is 6.59. The van der Waals surface area contributed by atoms with Gasteiger partial charge >= 0.3 is 0 Å². The largest absolute Gasteiger partial charge is 0.493 e. The van der Waals surface area contributed by atoms with Gasteiger partial charge in [0.05, 0.1) is 12.6 Å². The number of fused-ring (bicyclic) bond motifs is 1. The molecule has 98 valence electrons. The molecule has 0 saturated carbocycles. The quantitative estimate of drug-likeness (QED) is 0.647. The standard InChI is InChI=1S/C14H20N2OS/c1-2-3-9-15-14(18)16-12-8-10-17-13-7-5-4-6-11(12)13/h4-7,12H,2-3,8-10H2,1H3,(H2,15,16,18)/t12-/m0/s1. The minimum atomic E-state index is 0.261. The molecule has 0 unspecified atom stereocenters. The number of hydrogen-bond acceptors (Lipinski definition) is 2. The molecule has 1 aliphatic heterocycles. The summed E-state index contributed by atoms with van der Waals surface area (Å²) in [6.45, 7) is 3.85. The van der Waals surface area contributed by atoms with E-state index in [1.807, 2.05) is 18.2 Å². The number of thiocarbonyl (C=S) groups is 1. The van der Waals surface area contributed by atoms with Crippen LogP contribution in [0.2, 0.25) is 0 Å². The normalized spacial score (nSPS) is 17.5. The van der Waals surface area contributed by atoms with Gasteiger partial charge in [-0.25, -0.2) is 0 Å². The molecule has 0 amide bonds. The molecule has 3 nitrogen and oxygen atoms in total. The Morgan fingerprint density at radius 1 is 1.44 bits per heavy atom. The van der Waals surface area contributed by atoms with Crippen LogP contribution in [-0.4, -0.2) is 18.3 Å². The molecule has 0 radical (unpaired) electrons. The van der Waals surface area contributed by atoms with E-state index in [1.165, 1.54) is 12.0 Å². The molecule has 1 heterocycles. The van der Waals surface area contributed by atoms with Crippen molar-refractivity contribution in [2.45, 2.75) is 32.2 Å². The highest BCUT2D eigenvalue weighted by atomic mass is 32.1. The molecule has 0 bridgehead atoms. The lowest BCUT2D eigenvalue weighted by molar-refractivity contribution is 0.262. The highest BCUT2D eigenvalue weighted by Crippen LogP contribution is 2.31. The molecular weight excluding hydrogens is 244 g/mol. The SMILES string of the molecule is CCCCNC(=S)N[C@H]1CCOc2ccccc21. The predicted octanol–water partition coefficient (Wildman–Crippen LogP) is 2.77. The van der Waals surface area contributed by atoms with Crippen molar-refractivity contribution in [3.63, 3.8) is 0 Å². The second-order valence-corrected chi connectivity index (χ2v) is 4.89. The van der Waals surface area contributed by atoms with Gasteiger partial charge < -0.3 is 15.4 Å². The van der Waals surface area contributed by atoms with Crippen LogP contribution in [0.5, 0.6) is 5.75 Å². The van der Waals surface area contributed by atoms with Crippen LogP contribution in [0.15, 0.2) is 24.3 Å². The van der Waals surface area contributed by atoms with Crippen LogP contribution in [0, 0.1) is 0 Å². The summed E-state index contributed by atoms with van der Waals surface area (Å²) in [5, 5.41) is 7.36. The first kappa shape index (κ1) is 13.1. The molecule has 0 spiro atoms. The van der Waals surface area contributed by atoms with Crippen molar-refractivity contribution in [1.82, 2.24) is 10.6 Å². The zero-order valence-electron chi connectivity index (χ0n) is 10.7. The van der Waals surface area contributed by atoms with Gasteiger partial charge in [0.15, 0.2) is 5.11 Å². The van der Waals surface area contributed by atoms with Crippen molar-refractivity contribution in [2.75, 3.05) is 13.2 Å². The van der Waals surface area contributed by atoms with E-state index in [-0.39, 0.29) is 6.04 Å². The third-order valence-electron chi connectivity index (χ3n) is 3.08. The van der Waals surface area contributed by atoms with Crippen molar-refractivity contribution in [1.29, 1.82) is 0 Å². The Hall–Kier alpha value is -1.29. The van der Waals surface area contributed by atoms with Crippen molar-refractivity contribution in [2.24, 2.45) is 0 Å². The third-order valence-corrected chi connectivity index (χ3v) is 3.34. The average Bonchev–Trinajstić information content (AvgIpc) is 2.39. The highest BCUT2D eigenvalue weighted by molar-refractivity contribution is 7.80. The molecule has 0 aliphatic carbocycles. The Labute approximate surface area is 114 Å². The lowest BCUT2D eigenvalue weighted by atomic mass is 10.0. The second-order valence-electron chi connectivity index (χ2n) is 4.48. The maximum absolute atomic E-state index is 5.63. The lowest BCUT2D eigenvalue weighted by Crippen LogP contribution is -2.39. The lowest BCUT2D eigenvalue weighted by Gasteiger charge is -2.27. The number of hydrogen-bond donors (Lipinski definition) is 2. The van der Waals surface area contributed by atoms with Crippen LogP contribution < -0.4 is 15.4 Å². The zero-order chi connectivity index (χ0) is 12.8. The Bertz CT molecular complexity index is 409. The molecule has 18 heavy (non-hydrogen) atoms. The molecule has 1 aliphatic rings. The van der Waals surface area contributed by atoms with Gasteiger partial charge in [0.25, 0.3) is 0 Å². The Kier molecular flexibility index (Phi) is 4.81. The first-order valence-corrected chi connectivity index (χ1v) is 6.98. The van der Waals surface area contributed by atoms with E-state index in [1.54, 1.807) is 0 Å². The summed E-state index contributed by atoms with van der Waals surface area (Å²) >= 11 is 5.31. The third kappa shape index (κ3) is 3.35. The monoisotopic (exact) mass is 264 g/mol. The highest BCUT2D eigenvalue weighted by Gasteiger charge is 2.21. The molecule has 0 aromatic heterocycles. The number of ether oxygens (including phenoxy) is 1. The van der Waals surface area contributed by atoms with Crippen molar-refractivity contribution in [3.8, 4) is 5.75 Å². The van der Waals surface area contributed by atoms with Crippen molar-refractivity contribution >= 4 is 17.3 Å². The summed E-state index contributed by atoms with van der Waals surface area (Å²) < 4.78 is 5.63. The van der Waals surface area contributed by atoms with E-state index in [0.717, 1.165) is 36.9 Å². The van der Waals surface area contributed by atoms with Crippen LogP contribution in [0.3, 0.4) is 0 Å². The van der Waals surface area contributed by atoms with Crippen molar-refractivity contribution < 1.29 is 4.74 Å². The molecular formula is C14H20N2OS. The van der Waals surface area contributed by atoms with Gasteiger partial charge in [-0.1, -0.05) is 31.5 Å². The van der Waals surface area contributed by atoms with Gasteiger partial charge in [-0.2, -0.15) is 0 Å². The molecule has 1 aromatic carbocycles. The Balaban J connectivity index is 1.92. The molecule has 0 saturated heterocycles. The topological polar surface area (TPSA) is 33.3 Å². The smallest absolute Gasteiger partial charge is 0.166 e. The maximum atomic E-state index is 5.63. The molecule has 2 rings (SSSR count). The fraction of sp³-hybridized carbons (Fsp3) is 0.500. The maximum Gasteiger partial charge on any atom is 0.166 e. The van der Waals surface area contributed by atoms with E-state index in [9.17, 15) is 0 Å². The van der Waals surface area contributed by atoms with Crippen LogP contribution in [0.1, 0.15) is 37.8 Å². The first-order chi connectivity index (χ1) is 8.81. The number of benzene rings is 1. The number of nitrogens with one attached hydrogen (secondary N) is 2. The number of unbranched alkanes of at least 4 members (excludes halogenated alkanes) is 1. The molecule has 2 N–H and O–H groups in total. The number of rotatable bonds is 4. The summed E-state index contributed by atoms with van der Waals surface area (Å²) in [4.78, 5) is 0. The van der Waals surface area contributed by atoms with Crippen LogP contribution in [-0.2, 0) is 0 Å². The van der Waals surface area contributed by atoms with E-state index in [2.05, 4.69) is 23.6 Å². The summed E-state index contributed by atoms with van der Waals surface area (Å²) in [5.41, 5.74) is 1.20. The predicted molar refractivity (Wildman–Crippen MR) is 77.9 cm³/mol. The van der Waals surface area contributed by atoms with Gasteiger partial charge in [-0.15, -0.1) is 0 Å². The van der Waals surface area contributed by atoms with Gasteiger partial charge in [0.2, 0.25) is 0 Å².